The lowest BCUT2D eigenvalue weighted by Gasteiger charge is -2.31. The van der Waals surface area contributed by atoms with E-state index >= 15 is 0 Å². The predicted molar refractivity (Wildman–Crippen MR) is 66.7 cm³/mol. The lowest BCUT2D eigenvalue weighted by Crippen LogP contribution is -2.48. The van der Waals surface area contributed by atoms with E-state index in [4.69, 9.17) is 4.74 Å². The average molecular weight is 226 g/mol. The normalized spacial score (nSPS) is 28.5. The zero-order valence-electron chi connectivity index (χ0n) is 10.6. The highest BCUT2D eigenvalue weighted by Gasteiger charge is 2.19. The molecule has 2 aliphatic rings. The first kappa shape index (κ1) is 12.3. The largest absolute Gasteiger partial charge is 0.378 e. The number of ether oxygens (including phenoxy) is 1. The first-order valence-corrected chi connectivity index (χ1v) is 6.84. The number of morpholine rings is 1. The molecule has 2 fully saturated rings. The van der Waals surface area contributed by atoms with Gasteiger partial charge in [0.25, 0.3) is 0 Å². The van der Waals surface area contributed by atoms with Crippen LogP contribution in [0.25, 0.3) is 0 Å². The van der Waals surface area contributed by atoms with Gasteiger partial charge in [-0.1, -0.05) is 19.3 Å². The topological polar surface area (TPSA) is 24.5 Å². The third-order valence-corrected chi connectivity index (χ3v) is 3.83. The molecule has 1 atom stereocenters. The second kappa shape index (κ2) is 6.58. The highest BCUT2D eigenvalue weighted by Crippen LogP contribution is 2.24. The Balaban J connectivity index is 1.64. The lowest BCUT2D eigenvalue weighted by molar-refractivity contribution is 0.0625. The molecule has 2 rings (SSSR count). The molecule has 1 heterocycles. The summed E-state index contributed by atoms with van der Waals surface area (Å²) in [5.74, 6) is 0.947. The van der Waals surface area contributed by atoms with Crippen molar-refractivity contribution >= 4 is 0 Å². The molecule has 0 radical (unpaired) electrons. The lowest BCUT2D eigenvalue weighted by atomic mass is 9.89. The molecule has 0 amide bonds. The van der Waals surface area contributed by atoms with Gasteiger partial charge in [-0.2, -0.15) is 0 Å². The number of likely N-dealkylation sites (N-methyl/N-ethyl adjacent to an activating group) is 1. The maximum Gasteiger partial charge on any atom is 0.0632 e. The first-order valence-electron chi connectivity index (χ1n) is 6.84. The zero-order chi connectivity index (χ0) is 11.2. The van der Waals surface area contributed by atoms with Gasteiger partial charge in [0.05, 0.1) is 13.2 Å². The van der Waals surface area contributed by atoms with Gasteiger partial charge in [-0.3, -0.25) is 0 Å². The van der Waals surface area contributed by atoms with Crippen LogP contribution in [0.3, 0.4) is 0 Å². The van der Waals surface area contributed by atoms with Crippen molar-refractivity contribution in [3.63, 3.8) is 0 Å². The minimum Gasteiger partial charge on any atom is -0.378 e. The molecule has 0 aromatic carbocycles. The average Bonchev–Trinajstić information content (AvgIpc) is 2.31. The summed E-state index contributed by atoms with van der Waals surface area (Å²) >= 11 is 0. The van der Waals surface area contributed by atoms with Gasteiger partial charge in [0, 0.05) is 25.7 Å². The summed E-state index contributed by atoms with van der Waals surface area (Å²) in [7, 11) is 2.25. The van der Waals surface area contributed by atoms with Crippen LogP contribution in [0.2, 0.25) is 0 Å². The van der Waals surface area contributed by atoms with E-state index in [9.17, 15) is 0 Å². The summed E-state index contributed by atoms with van der Waals surface area (Å²) < 4.78 is 5.48. The Bertz CT molecular complexity index is 166. The molecular formula is C13H26N2O. The van der Waals surface area contributed by atoms with Crippen molar-refractivity contribution in [1.29, 1.82) is 0 Å². The van der Waals surface area contributed by atoms with Crippen LogP contribution in [0.1, 0.15) is 32.1 Å². The van der Waals surface area contributed by atoms with Crippen LogP contribution in [0.15, 0.2) is 0 Å². The third kappa shape index (κ3) is 4.04. The molecule has 16 heavy (non-hydrogen) atoms. The first-order chi connectivity index (χ1) is 7.84. The Kier molecular flexibility index (Phi) is 5.07. The van der Waals surface area contributed by atoms with Gasteiger partial charge in [0.15, 0.2) is 0 Å². The maximum absolute atomic E-state index is 5.48. The molecule has 0 aromatic heterocycles. The maximum atomic E-state index is 5.48. The Morgan fingerprint density at radius 2 is 2.00 bits per heavy atom. The fourth-order valence-electron chi connectivity index (χ4n) is 3.00. The molecule has 1 aliphatic heterocycles. The van der Waals surface area contributed by atoms with Crippen LogP contribution < -0.4 is 5.32 Å². The van der Waals surface area contributed by atoms with E-state index in [1.54, 1.807) is 0 Å². The molecule has 0 aromatic rings. The van der Waals surface area contributed by atoms with Crippen LogP contribution in [0.4, 0.5) is 0 Å². The second-order valence-corrected chi connectivity index (χ2v) is 5.45. The molecule has 3 heteroatoms. The highest BCUT2D eigenvalue weighted by atomic mass is 16.5. The molecule has 94 valence electrons. The molecule has 0 spiro atoms. The van der Waals surface area contributed by atoms with Crippen molar-refractivity contribution in [2.75, 3.05) is 39.9 Å². The number of nitrogens with zero attached hydrogens (tertiary/aromatic N) is 1. The third-order valence-electron chi connectivity index (χ3n) is 3.83. The molecule has 1 saturated heterocycles. The van der Waals surface area contributed by atoms with Crippen LogP contribution >= 0.6 is 0 Å². The fraction of sp³-hybridized carbons (Fsp3) is 1.00. The van der Waals surface area contributed by atoms with Crippen molar-refractivity contribution < 1.29 is 4.74 Å². The number of hydrogen-bond acceptors (Lipinski definition) is 3. The van der Waals surface area contributed by atoms with E-state index in [2.05, 4.69) is 17.3 Å². The molecule has 0 bridgehead atoms. The predicted octanol–water partition coefficient (Wildman–Crippen LogP) is 1.49. The summed E-state index contributed by atoms with van der Waals surface area (Å²) in [6.07, 6.45) is 7.24. The summed E-state index contributed by atoms with van der Waals surface area (Å²) in [4.78, 5) is 2.49. The van der Waals surface area contributed by atoms with Gasteiger partial charge in [-0.15, -0.1) is 0 Å². The van der Waals surface area contributed by atoms with Crippen molar-refractivity contribution in [3.8, 4) is 0 Å². The van der Waals surface area contributed by atoms with Gasteiger partial charge in [-0.25, -0.2) is 0 Å². The summed E-state index contributed by atoms with van der Waals surface area (Å²) in [6, 6.07) is 0.544. The second-order valence-electron chi connectivity index (χ2n) is 5.45. The van der Waals surface area contributed by atoms with Crippen molar-refractivity contribution in [1.82, 2.24) is 10.2 Å². The smallest absolute Gasteiger partial charge is 0.0632 e. The molecule has 1 aliphatic carbocycles. The van der Waals surface area contributed by atoms with Crippen molar-refractivity contribution in [3.05, 3.63) is 0 Å². The molecule has 1 saturated carbocycles. The van der Waals surface area contributed by atoms with Crippen LogP contribution in [0, 0.1) is 5.92 Å². The van der Waals surface area contributed by atoms with Crippen LogP contribution in [-0.4, -0.2) is 50.8 Å². The van der Waals surface area contributed by atoms with Gasteiger partial charge in [0.2, 0.25) is 0 Å². The van der Waals surface area contributed by atoms with Crippen molar-refractivity contribution in [2.24, 2.45) is 5.92 Å². The van der Waals surface area contributed by atoms with E-state index in [0.717, 1.165) is 32.2 Å². The van der Waals surface area contributed by atoms with E-state index in [-0.39, 0.29) is 0 Å². The Morgan fingerprint density at radius 3 is 2.69 bits per heavy atom. The number of hydrogen-bond donors (Lipinski definition) is 1. The minimum absolute atomic E-state index is 0.544. The molecule has 1 unspecified atom stereocenters. The van der Waals surface area contributed by atoms with Gasteiger partial charge in [0.1, 0.15) is 0 Å². The van der Waals surface area contributed by atoms with Gasteiger partial charge >= 0.3 is 0 Å². The van der Waals surface area contributed by atoms with E-state index in [1.165, 1.54) is 38.6 Å². The SMILES string of the molecule is CN(CC1CCCCC1)CC1COCCN1. The monoisotopic (exact) mass is 226 g/mol. The van der Waals surface area contributed by atoms with E-state index in [1.807, 2.05) is 0 Å². The van der Waals surface area contributed by atoms with Gasteiger partial charge in [-0.05, 0) is 25.8 Å². The van der Waals surface area contributed by atoms with E-state index < -0.39 is 0 Å². The Morgan fingerprint density at radius 1 is 1.19 bits per heavy atom. The molecular weight excluding hydrogens is 200 g/mol. The van der Waals surface area contributed by atoms with Gasteiger partial charge < -0.3 is 15.0 Å². The Labute approximate surface area is 99.5 Å². The summed E-state index contributed by atoms with van der Waals surface area (Å²) in [6.45, 7) is 5.19. The quantitative estimate of drug-likeness (QED) is 0.786. The zero-order valence-corrected chi connectivity index (χ0v) is 10.6. The standard InChI is InChI=1S/C13H26N2O/c1-15(9-12-5-3-2-4-6-12)10-13-11-16-8-7-14-13/h12-14H,2-11H2,1H3. The van der Waals surface area contributed by atoms with Crippen molar-refractivity contribution in [2.45, 2.75) is 38.1 Å². The molecule has 1 N–H and O–H groups in total. The van der Waals surface area contributed by atoms with Crippen LogP contribution in [0.5, 0.6) is 0 Å². The minimum atomic E-state index is 0.544. The Hall–Kier alpha value is -0.120. The summed E-state index contributed by atoms with van der Waals surface area (Å²) in [5.41, 5.74) is 0. The van der Waals surface area contributed by atoms with Crippen LogP contribution in [-0.2, 0) is 4.74 Å². The molecule has 3 nitrogen and oxygen atoms in total. The fourth-order valence-corrected chi connectivity index (χ4v) is 3.00. The number of rotatable bonds is 4. The number of nitrogens with one attached hydrogen (secondary N) is 1. The highest BCUT2D eigenvalue weighted by molar-refractivity contribution is 4.75. The summed E-state index contributed by atoms with van der Waals surface area (Å²) in [5, 5.41) is 3.52. The van der Waals surface area contributed by atoms with E-state index in [0.29, 0.717) is 6.04 Å².